The quantitative estimate of drug-likeness (QED) is 0.802. The van der Waals surface area contributed by atoms with E-state index in [-0.39, 0.29) is 12.6 Å². The van der Waals surface area contributed by atoms with E-state index in [1.165, 1.54) is 0 Å². The molecule has 0 bridgehead atoms. The van der Waals surface area contributed by atoms with Crippen LogP contribution in [0.2, 0.25) is 0 Å². The number of aliphatic hydroxyl groups is 1. The average molecular weight is 223 g/mol. The van der Waals surface area contributed by atoms with Gasteiger partial charge in [-0.2, -0.15) is 0 Å². The maximum absolute atomic E-state index is 9.78. The Labute approximate surface area is 95.0 Å². The molecule has 1 aromatic carbocycles. The van der Waals surface area contributed by atoms with Crippen LogP contribution >= 0.6 is 0 Å². The van der Waals surface area contributed by atoms with Crippen LogP contribution in [0.15, 0.2) is 12.1 Å². The Hall–Kier alpha value is -1.26. The third-order valence-corrected chi connectivity index (χ3v) is 2.83. The van der Waals surface area contributed by atoms with Crippen molar-refractivity contribution >= 4 is 0 Å². The molecule has 16 heavy (non-hydrogen) atoms. The van der Waals surface area contributed by atoms with Crippen molar-refractivity contribution in [2.24, 2.45) is 5.73 Å². The summed E-state index contributed by atoms with van der Waals surface area (Å²) < 4.78 is 10.9. The molecule has 2 atom stereocenters. The van der Waals surface area contributed by atoms with E-state index < -0.39 is 6.10 Å². The van der Waals surface area contributed by atoms with Gasteiger partial charge in [0.05, 0.1) is 13.2 Å². The summed E-state index contributed by atoms with van der Waals surface area (Å²) in [6.07, 6.45) is 0.356. The second-order valence-corrected chi connectivity index (χ2v) is 4.09. The van der Waals surface area contributed by atoms with Gasteiger partial charge in [-0.1, -0.05) is 0 Å². The van der Waals surface area contributed by atoms with E-state index in [0.717, 1.165) is 17.7 Å². The van der Waals surface area contributed by atoms with Crippen LogP contribution in [0.4, 0.5) is 0 Å². The van der Waals surface area contributed by atoms with E-state index in [1.807, 2.05) is 19.1 Å². The molecule has 2 rings (SSSR count). The van der Waals surface area contributed by atoms with E-state index in [0.29, 0.717) is 11.3 Å². The van der Waals surface area contributed by atoms with Crippen LogP contribution < -0.4 is 15.2 Å². The summed E-state index contributed by atoms with van der Waals surface area (Å²) in [4.78, 5) is 0. The number of rotatable bonds is 3. The van der Waals surface area contributed by atoms with Gasteiger partial charge in [0.1, 0.15) is 17.6 Å². The lowest BCUT2D eigenvalue weighted by atomic mass is 10.0. The monoisotopic (exact) mass is 223 g/mol. The molecule has 0 amide bonds. The van der Waals surface area contributed by atoms with Gasteiger partial charge in [0.15, 0.2) is 0 Å². The summed E-state index contributed by atoms with van der Waals surface area (Å²) in [7, 11) is 1.59. The van der Waals surface area contributed by atoms with Crippen molar-refractivity contribution in [3.8, 4) is 11.5 Å². The number of hydrogen-bond donors (Lipinski definition) is 2. The SMILES string of the molecule is COc1cc2c(cc1C(O)CN)OC(C)C2. The fourth-order valence-corrected chi connectivity index (χ4v) is 2.02. The predicted molar refractivity (Wildman–Crippen MR) is 60.8 cm³/mol. The lowest BCUT2D eigenvalue weighted by Gasteiger charge is -2.14. The van der Waals surface area contributed by atoms with Gasteiger partial charge in [-0.3, -0.25) is 0 Å². The molecule has 0 saturated heterocycles. The smallest absolute Gasteiger partial charge is 0.125 e. The highest BCUT2D eigenvalue weighted by Crippen LogP contribution is 2.37. The molecule has 1 aliphatic rings. The number of hydrogen-bond acceptors (Lipinski definition) is 4. The van der Waals surface area contributed by atoms with Crippen molar-refractivity contribution in [1.82, 2.24) is 0 Å². The van der Waals surface area contributed by atoms with Crippen molar-refractivity contribution in [3.63, 3.8) is 0 Å². The van der Waals surface area contributed by atoms with E-state index in [2.05, 4.69) is 0 Å². The zero-order chi connectivity index (χ0) is 11.7. The standard InChI is InChI=1S/C12H17NO3/c1-7-3-8-4-12(15-2)9(10(14)6-13)5-11(8)16-7/h4-5,7,10,14H,3,6,13H2,1-2H3. The fourth-order valence-electron chi connectivity index (χ4n) is 2.02. The normalized spacial score (nSPS) is 20.1. The van der Waals surface area contributed by atoms with Crippen molar-refractivity contribution in [1.29, 1.82) is 0 Å². The van der Waals surface area contributed by atoms with E-state index in [4.69, 9.17) is 15.2 Å². The van der Waals surface area contributed by atoms with Crippen molar-refractivity contribution < 1.29 is 14.6 Å². The molecule has 1 aliphatic heterocycles. The van der Waals surface area contributed by atoms with Gasteiger partial charge in [-0.05, 0) is 19.1 Å². The molecule has 0 fully saturated rings. The third-order valence-electron chi connectivity index (χ3n) is 2.83. The van der Waals surface area contributed by atoms with Gasteiger partial charge >= 0.3 is 0 Å². The van der Waals surface area contributed by atoms with Crippen LogP contribution in [0.3, 0.4) is 0 Å². The van der Waals surface area contributed by atoms with Gasteiger partial charge in [0, 0.05) is 24.1 Å². The highest BCUT2D eigenvalue weighted by molar-refractivity contribution is 5.49. The molecule has 1 heterocycles. The second-order valence-electron chi connectivity index (χ2n) is 4.09. The van der Waals surface area contributed by atoms with Crippen LogP contribution in [-0.2, 0) is 6.42 Å². The molecule has 0 aromatic heterocycles. The van der Waals surface area contributed by atoms with Crippen molar-refractivity contribution in [2.45, 2.75) is 25.6 Å². The fraction of sp³-hybridized carbons (Fsp3) is 0.500. The molecule has 3 N–H and O–H groups in total. The number of aliphatic hydroxyl groups excluding tert-OH is 1. The molecule has 4 heteroatoms. The van der Waals surface area contributed by atoms with Crippen LogP contribution in [-0.4, -0.2) is 24.9 Å². The van der Waals surface area contributed by atoms with Crippen molar-refractivity contribution in [2.75, 3.05) is 13.7 Å². The number of ether oxygens (including phenoxy) is 2. The minimum Gasteiger partial charge on any atom is -0.496 e. The van der Waals surface area contributed by atoms with Gasteiger partial charge in [0.2, 0.25) is 0 Å². The molecule has 0 aliphatic carbocycles. The predicted octanol–water partition coefficient (Wildman–Crippen LogP) is 1.01. The van der Waals surface area contributed by atoms with E-state index >= 15 is 0 Å². The maximum Gasteiger partial charge on any atom is 0.125 e. The summed E-state index contributed by atoms with van der Waals surface area (Å²) in [5.74, 6) is 1.50. The first-order valence-corrected chi connectivity index (χ1v) is 5.41. The van der Waals surface area contributed by atoms with Gasteiger partial charge in [-0.15, -0.1) is 0 Å². The summed E-state index contributed by atoms with van der Waals surface area (Å²) in [6, 6.07) is 3.75. The first-order chi connectivity index (χ1) is 7.65. The Morgan fingerprint density at radius 1 is 1.62 bits per heavy atom. The summed E-state index contributed by atoms with van der Waals surface area (Å²) in [5, 5.41) is 9.78. The molecule has 1 aromatic rings. The molecule has 2 unspecified atom stereocenters. The molecular weight excluding hydrogens is 206 g/mol. The van der Waals surface area contributed by atoms with Crippen LogP contribution in [0, 0.1) is 0 Å². The Balaban J connectivity index is 2.42. The third kappa shape index (κ3) is 1.86. The van der Waals surface area contributed by atoms with Crippen LogP contribution in [0.25, 0.3) is 0 Å². The number of benzene rings is 1. The minimum absolute atomic E-state index is 0.171. The molecule has 0 saturated carbocycles. The summed E-state index contributed by atoms with van der Waals surface area (Å²) in [5.41, 5.74) is 7.27. The Morgan fingerprint density at radius 2 is 2.38 bits per heavy atom. The van der Waals surface area contributed by atoms with Gasteiger partial charge in [0.25, 0.3) is 0 Å². The summed E-state index contributed by atoms with van der Waals surface area (Å²) in [6.45, 7) is 2.19. The van der Waals surface area contributed by atoms with Crippen molar-refractivity contribution in [3.05, 3.63) is 23.3 Å². The average Bonchev–Trinajstić information content (AvgIpc) is 2.65. The Kier molecular flexibility index (Phi) is 3.03. The lowest BCUT2D eigenvalue weighted by molar-refractivity contribution is 0.181. The van der Waals surface area contributed by atoms with Crippen LogP contribution in [0.5, 0.6) is 11.5 Å². The minimum atomic E-state index is -0.709. The molecular formula is C12H17NO3. The number of nitrogens with two attached hydrogens (primary N) is 1. The number of fused-ring (bicyclic) bond motifs is 1. The largest absolute Gasteiger partial charge is 0.496 e. The zero-order valence-corrected chi connectivity index (χ0v) is 9.56. The van der Waals surface area contributed by atoms with Crippen LogP contribution in [0.1, 0.15) is 24.2 Å². The molecule has 88 valence electrons. The second kappa shape index (κ2) is 4.31. The Bertz CT molecular complexity index is 392. The Morgan fingerprint density at radius 3 is 3.00 bits per heavy atom. The maximum atomic E-state index is 9.78. The lowest BCUT2D eigenvalue weighted by Crippen LogP contribution is -2.12. The number of methoxy groups -OCH3 is 1. The van der Waals surface area contributed by atoms with E-state index in [9.17, 15) is 5.11 Å². The zero-order valence-electron chi connectivity index (χ0n) is 9.56. The highest BCUT2D eigenvalue weighted by atomic mass is 16.5. The first kappa shape index (κ1) is 11.2. The molecule has 0 radical (unpaired) electrons. The van der Waals surface area contributed by atoms with Gasteiger partial charge in [-0.25, -0.2) is 0 Å². The highest BCUT2D eigenvalue weighted by Gasteiger charge is 2.23. The summed E-state index contributed by atoms with van der Waals surface area (Å²) >= 11 is 0. The molecule has 0 spiro atoms. The topological polar surface area (TPSA) is 64.7 Å². The van der Waals surface area contributed by atoms with Gasteiger partial charge < -0.3 is 20.3 Å². The van der Waals surface area contributed by atoms with E-state index in [1.54, 1.807) is 7.11 Å². The molecule has 4 nitrogen and oxygen atoms in total. The first-order valence-electron chi connectivity index (χ1n) is 5.41.